The summed E-state index contributed by atoms with van der Waals surface area (Å²) >= 11 is 0. The monoisotopic (exact) mass is 288 g/mol. The van der Waals surface area contributed by atoms with Crippen molar-refractivity contribution in [3.8, 4) is 0 Å². The molecule has 1 aliphatic heterocycles. The lowest BCUT2D eigenvalue weighted by molar-refractivity contribution is 0.120. The Labute approximate surface area is 125 Å². The quantitative estimate of drug-likeness (QED) is 0.875. The highest BCUT2D eigenvalue weighted by Gasteiger charge is 2.22. The molecule has 5 heteroatoms. The Kier molecular flexibility index (Phi) is 4.12. The summed E-state index contributed by atoms with van der Waals surface area (Å²) in [7, 11) is 2.16. The first-order valence-corrected chi connectivity index (χ1v) is 7.73. The fourth-order valence-corrected chi connectivity index (χ4v) is 3.08. The molecule has 1 aromatic carbocycles. The standard InChI is InChI=1S/C16H24N4O/c1-3-20-8-6-13(7-9-20)19(2)11-16-18-14-5-4-12(17)10-15(14)21-16/h4-5,10,13H,3,6-9,11,17H2,1-2H3. The van der Waals surface area contributed by atoms with Crippen LogP contribution >= 0.6 is 0 Å². The second-order valence-electron chi connectivity index (χ2n) is 5.92. The van der Waals surface area contributed by atoms with Crippen LogP contribution in [0.3, 0.4) is 0 Å². The number of nitrogens with two attached hydrogens (primary N) is 1. The highest BCUT2D eigenvalue weighted by Crippen LogP contribution is 2.21. The van der Waals surface area contributed by atoms with Crippen LogP contribution < -0.4 is 5.73 Å². The Hall–Kier alpha value is -1.59. The van der Waals surface area contributed by atoms with Crippen molar-refractivity contribution in [3.63, 3.8) is 0 Å². The predicted octanol–water partition coefficient (Wildman–Crippen LogP) is 2.33. The molecular formula is C16H24N4O. The summed E-state index contributed by atoms with van der Waals surface area (Å²) in [6, 6.07) is 6.23. The number of oxazole rings is 1. The fourth-order valence-electron chi connectivity index (χ4n) is 3.08. The number of nitrogen functional groups attached to an aromatic ring is 1. The average Bonchev–Trinajstić information content (AvgIpc) is 2.88. The Balaban J connectivity index is 1.64. The summed E-state index contributed by atoms with van der Waals surface area (Å²) in [5, 5.41) is 0. The Morgan fingerprint density at radius 3 is 2.86 bits per heavy atom. The van der Waals surface area contributed by atoms with E-state index in [1.54, 1.807) is 0 Å². The van der Waals surface area contributed by atoms with Crippen molar-refractivity contribution in [1.82, 2.24) is 14.8 Å². The van der Waals surface area contributed by atoms with E-state index in [1.807, 2.05) is 18.2 Å². The first-order chi connectivity index (χ1) is 10.2. The smallest absolute Gasteiger partial charge is 0.209 e. The first-order valence-electron chi connectivity index (χ1n) is 7.73. The minimum absolute atomic E-state index is 0.618. The minimum atomic E-state index is 0.618. The zero-order chi connectivity index (χ0) is 14.8. The lowest BCUT2D eigenvalue weighted by Crippen LogP contribution is -2.42. The van der Waals surface area contributed by atoms with Crippen LogP contribution in [0.2, 0.25) is 0 Å². The number of aromatic nitrogens is 1. The molecule has 2 N–H and O–H groups in total. The van der Waals surface area contributed by atoms with E-state index in [0.717, 1.165) is 30.1 Å². The number of rotatable bonds is 4. The van der Waals surface area contributed by atoms with Crippen molar-refractivity contribution in [3.05, 3.63) is 24.1 Å². The van der Waals surface area contributed by atoms with Crippen molar-refractivity contribution in [2.24, 2.45) is 0 Å². The molecule has 0 amide bonds. The Morgan fingerprint density at radius 1 is 1.38 bits per heavy atom. The maximum absolute atomic E-state index is 5.81. The van der Waals surface area contributed by atoms with Gasteiger partial charge in [-0.1, -0.05) is 6.92 Å². The van der Waals surface area contributed by atoms with Crippen LogP contribution in [-0.2, 0) is 6.54 Å². The first kappa shape index (κ1) is 14.4. The summed E-state index contributed by atoms with van der Waals surface area (Å²) in [6.07, 6.45) is 2.44. The number of nitrogens with zero attached hydrogens (tertiary/aromatic N) is 3. The molecule has 0 saturated carbocycles. The molecular weight excluding hydrogens is 264 g/mol. The third-order valence-corrected chi connectivity index (χ3v) is 4.47. The van der Waals surface area contributed by atoms with Crippen LogP contribution in [0, 0.1) is 0 Å². The normalized spacial score (nSPS) is 17.9. The lowest BCUT2D eigenvalue weighted by atomic mass is 10.0. The summed E-state index contributed by atoms with van der Waals surface area (Å²) in [6.45, 7) is 6.52. The van der Waals surface area contributed by atoms with Gasteiger partial charge in [-0.25, -0.2) is 4.98 Å². The van der Waals surface area contributed by atoms with E-state index < -0.39 is 0 Å². The molecule has 0 unspecified atom stereocenters. The molecule has 0 radical (unpaired) electrons. The molecule has 1 aromatic heterocycles. The van der Waals surface area contributed by atoms with Gasteiger partial charge in [-0.2, -0.15) is 0 Å². The molecule has 2 aromatic rings. The highest BCUT2D eigenvalue weighted by atomic mass is 16.3. The van der Waals surface area contributed by atoms with Crippen molar-refractivity contribution in [2.45, 2.75) is 32.4 Å². The van der Waals surface area contributed by atoms with Crippen LogP contribution in [0.1, 0.15) is 25.7 Å². The Morgan fingerprint density at radius 2 is 2.14 bits per heavy atom. The number of anilines is 1. The highest BCUT2D eigenvalue weighted by molar-refractivity contribution is 5.76. The van der Waals surface area contributed by atoms with Crippen molar-refractivity contribution >= 4 is 16.8 Å². The van der Waals surface area contributed by atoms with Crippen LogP contribution in [0.15, 0.2) is 22.6 Å². The number of hydrogen-bond acceptors (Lipinski definition) is 5. The minimum Gasteiger partial charge on any atom is -0.439 e. The second kappa shape index (κ2) is 6.03. The van der Waals surface area contributed by atoms with E-state index in [0.29, 0.717) is 11.7 Å². The molecule has 114 valence electrons. The van der Waals surface area contributed by atoms with E-state index in [1.165, 1.54) is 25.9 Å². The molecule has 0 bridgehead atoms. The van der Waals surface area contributed by atoms with Crippen molar-refractivity contribution < 1.29 is 4.42 Å². The predicted molar refractivity (Wildman–Crippen MR) is 85.0 cm³/mol. The SMILES string of the molecule is CCN1CCC(N(C)Cc2nc3ccc(N)cc3o2)CC1. The number of fused-ring (bicyclic) bond motifs is 1. The Bertz CT molecular complexity index is 601. The summed E-state index contributed by atoms with van der Waals surface area (Å²) < 4.78 is 5.81. The van der Waals surface area contributed by atoms with Gasteiger partial charge < -0.3 is 15.1 Å². The van der Waals surface area contributed by atoms with Gasteiger partial charge in [-0.3, -0.25) is 4.90 Å². The van der Waals surface area contributed by atoms with Gasteiger partial charge in [-0.05, 0) is 51.7 Å². The van der Waals surface area contributed by atoms with Crippen LogP contribution in [0.25, 0.3) is 11.1 Å². The molecule has 1 saturated heterocycles. The summed E-state index contributed by atoms with van der Waals surface area (Å²) in [5.41, 5.74) is 8.15. The molecule has 21 heavy (non-hydrogen) atoms. The molecule has 0 spiro atoms. The maximum Gasteiger partial charge on any atom is 0.209 e. The van der Waals surface area contributed by atoms with Gasteiger partial charge in [0, 0.05) is 17.8 Å². The summed E-state index contributed by atoms with van der Waals surface area (Å²) in [5.74, 6) is 0.774. The zero-order valence-electron chi connectivity index (χ0n) is 12.9. The largest absolute Gasteiger partial charge is 0.439 e. The van der Waals surface area contributed by atoms with Gasteiger partial charge in [-0.15, -0.1) is 0 Å². The third-order valence-electron chi connectivity index (χ3n) is 4.47. The fraction of sp³-hybridized carbons (Fsp3) is 0.562. The van der Waals surface area contributed by atoms with Crippen LogP contribution in [0.4, 0.5) is 5.69 Å². The molecule has 1 aliphatic rings. The van der Waals surface area contributed by atoms with Gasteiger partial charge in [0.1, 0.15) is 5.52 Å². The average molecular weight is 288 g/mol. The molecule has 0 aliphatic carbocycles. The van der Waals surface area contributed by atoms with E-state index in [4.69, 9.17) is 10.2 Å². The van der Waals surface area contributed by atoms with E-state index in [-0.39, 0.29) is 0 Å². The van der Waals surface area contributed by atoms with Gasteiger partial charge in [0.25, 0.3) is 0 Å². The molecule has 2 heterocycles. The van der Waals surface area contributed by atoms with E-state index >= 15 is 0 Å². The second-order valence-corrected chi connectivity index (χ2v) is 5.92. The molecule has 5 nitrogen and oxygen atoms in total. The number of piperidine rings is 1. The van der Waals surface area contributed by atoms with Gasteiger partial charge in [0.2, 0.25) is 5.89 Å². The van der Waals surface area contributed by atoms with Crippen LogP contribution in [-0.4, -0.2) is 47.5 Å². The third kappa shape index (κ3) is 3.19. The van der Waals surface area contributed by atoms with Gasteiger partial charge in [0.05, 0.1) is 6.54 Å². The van der Waals surface area contributed by atoms with Crippen LogP contribution in [0.5, 0.6) is 0 Å². The summed E-state index contributed by atoms with van der Waals surface area (Å²) in [4.78, 5) is 9.41. The van der Waals surface area contributed by atoms with Gasteiger partial charge >= 0.3 is 0 Å². The topological polar surface area (TPSA) is 58.5 Å². The zero-order valence-corrected chi connectivity index (χ0v) is 12.9. The molecule has 0 atom stereocenters. The number of hydrogen-bond donors (Lipinski definition) is 1. The van der Waals surface area contributed by atoms with Crippen molar-refractivity contribution in [1.29, 1.82) is 0 Å². The molecule has 1 fully saturated rings. The van der Waals surface area contributed by atoms with Gasteiger partial charge in [0.15, 0.2) is 5.58 Å². The van der Waals surface area contributed by atoms with Crippen molar-refractivity contribution in [2.75, 3.05) is 32.4 Å². The van der Waals surface area contributed by atoms with E-state index in [2.05, 4.69) is 28.8 Å². The lowest BCUT2D eigenvalue weighted by Gasteiger charge is -2.35. The number of benzene rings is 1. The number of likely N-dealkylation sites (tertiary alicyclic amines) is 1. The maximum atomic E-state index is 5.81. The van der Waals surface area contributed by atoms with E-state index in [9.17, 15) is 0 Å². The molecule has 3 rings (SSSR count).